The molecule has 3 nitrogen and oxygen atoms in total. The predicted molar refractivity (Wildman–Crippen MR) is 77.9 cm³/mol. The maximum atomic E-state index is 9.97. The van der Waals surface area contributed by atoms with Crippen molar-refractivity contribution in [2.75, 3.05) is 6.61 Å². The number of aliphatic hydroxyl groups excluding tert-OH is 1. The zero-order valence-electron chi connectivity index (χ0n) is 11.0. The molecular formula is C15H18ClNO2. The quantitative estimate of drug-likeness (QED) is 0.934. The molecule has 1 aromatic heterocycles. The van der Waals surface area contributed by atoms with Crippen molar-refractivity contribution in [3.05, 3.63) is 59.4 Å². The highest BCUT2D eigenvalue weighted by Crippen LogP contribution is 2.20. The van der Waals surface area contributed by atoms with Gasteiger partial charge in [0.2, 0.25) is 0 Å². The van der Waals surface area contributed by atoms with Crippen LogP contribution < -0.4 is 4.74 Å². The number of ether oxygens (including phenoxy) is 1. The average Bonchev–Trinajstić information content (AvgIpc) is 2.38. The van der Waals surface area contributed by atoms with Crippen LogP contribution >= 0.6 is 12.4 Å². The summed E-state index contributed by atoms with van der Waals surface area (Å²) >= 11 is 0. The van der Waals surface area contributed by atoms with E-state index in [2.05, 4.69) is 11.1 Å². The first kappa shape index (κ1) is 15.5. The summed E-state index contributed by atoms with van der Waals surface area (Å²) < 4.78 is 5.64. The average molecular weight is 280 g/mol. The van der Waals surface area contributed by atoms with Gasteiger partial charge in [-0.3, -0.25) is 4.98 Å². The Labute approximate surface area is 119 Å². The summed E-state index contributed by atoms with van der Waals surface area (Å²) in [5, 5.41) is 9.97. The van der Waals surface area contributed by atoms with Crippen LogP contribution in [0.3, 0.4) is 0 Å². The second-order valence-electron chi connectivity index (χ2n) is 4.38. The zero-order valence-corrected chi connectivity index (χ0v) is 11.9. The fraction of sp³-hybridized carbons (Fsp3) is 0.267. The Hall–Kier alpha value is -1.58. The molecule has 4 heteroatoms. The van der Waals surface area contributed by atoms with E-state index in [1.54, 1.807) is 24.5 Å². The first-order valence-electron chi connectivity index (χ1n) is 5.95. The van der Waals surface area contributed by atoms with Crippen molar-refractivity contribution in [2.45, 2.75) is 20.0 Å². The Balaban J connectivity index is 0.00000180. The molecule has 0 radical (unpaired) electrons. The van der Waals surface area contributed by atoms with E-state index in [0.717, 1.165) is 16.9 Å². The Kier molecular flexibility index (Phi) is 5.80. The fourth-order valence-electron chi connectivity index (χ4n) is 1.81. The molecule has 0 saturated heterocycles. The monoisotopic (exact) mass is 279 g/mol. The van der Waals surface area contributed by atoms with E-state index in [4.69, 9.17) is 4.74 Å². The SMILES string of the molecule is Cc1ccc(OCC(O)c2ccncc2)c(C)c1.Cl. The lowest BCUT2D eigenvalue weighted by Crippen LogP contribution is -2.10. The summed E-state index contributed by atoms with van der Waals surface area (Å²) in [6.07, 6.45) is 2.69. The van der Waals surface area contributed by atoms with Crippen LogP contribution in [0.1, 0.15) is 22.8 Å². The minimum atomic E-state index is -0.631. The van der Waals surface area contributed by atoms with Gasteiger partial charge in [-0.05, 0) is 43.2 Å². The van der Waals surface area contributed by atoms with Gasteiger partial charge in [0.05, 0.1) is 0 Å². The largest absolute Gasteiger partial charge is 0.490 e. The maximum absolute atomic E-state index is 9.97. The molecule has 1 N–H and O–H groups in total. The van der Waals surface area contributed by atoms with E-state index < -0.39 is 6.10 Å². The van der Waals surface area contributed by atoms with Crippen molar-refractivity contribution in [3.8, 4) is 5.75 Å². The van der Waals surface area contributed by atoms with Crippen molar-refractivity contribution >= 4 is 12.4 Å². The number of rotatable bonds is 4. The number of benzene rings is 1. The third kappa shape index (κ3) is 4.23. The summed E-state index contributed by atoms with van der Waals surface area (Å²) in [5.41, 5.74) is 3.10. The first-order chi connectivity index (χ1) is 8.66. The molecule has 0 amide bonds. The second kappa shape index (κ2) is 7.12. The molecule has 1 heterocycles. The molecule has 0 aliphatic carbocycles. The third-order valence-corrected chi connectivity index (χ3v) is 2.82. The van der Waals surface area contributed by atoms with E-state index in [1.165, 1.54) is 5.56 Å². The van der Waals surface area contributed by atoms with Gasteiger partial charge >= 0.3 is 0 Å². The molecule has 0 bridgehead atoms. The van der Waals surface area contributed by atoms with Crippen LogP contribution in [0.4, 0.5) is 0 Å². The molecule has 102 valence electrons. The summed E-state index contributed by atoms with van der Waals surface area (Å²) in [6, 6.07) is 9.57. The van der Waals surface area contributed by atoms with Gasteiger partial charge in [0.25, 0.3) is 0 Å². The van der Waals surface area contributed by atoms with E-state index >= 15 is 0 Å². The topological polar surface area (TPSA) is 42.4 Å². The van der Waals surface area contributed by atoms with Gasteiger partial charge in [0.1, 0.15) is 18.5 Å². The molecular weight excluding hydrogens is 262 g/mol. The molecule has 1 aromatic carbocycles. The Morgan fingerprint density at radius 3 is 2.47 bits per heavy atom. The van der Waals surface area contributed by atoms with Crippen LogP contribution in [0.25, 0.3) is 0 Å². The molecule has 0 fully saturated rings. The van der Waals surface area contributed by atoms with E-state index in [0.29, 0.717) is 0 Å². The normalized spacial score (nSPS) is 11.5. The minimum Gasteiger partial charge on any atom is -0.490 e. The van der Waals surface area contributed by atoms with Crippen molar-refractivity contribution in [1.29, 1.82) is 0 Å². The van der Waals surface area contributed by atoms with Crippen molar-refractivity contribution < 1.29 is 9.84 Å². The van der Waals surface area contributed by atoms with E-state index in [-0.39, 0.29) is 19.0 Å². The summed E-state index contributed by atoms with van der Waals surface area (Å²) in [6.45, 7) is 4.29. The summed E-state index contributed by atoms with van der Waals surface area (Å²) in [5.74, 6) is 0.814. The van der Waals surface area contributed by atoms with Crippen LogP contribution in [-0.4, -0.2) is 16.7 Å². The first-order valence-corrected chi connectivity index (χ1v) is 5.95. The lowest BCUT2D eigenvalue weighted by atomic mass is 10.1. The fourth-order valence-corrected chi connectivity index (χ4v) is 1.81. The van der Waals surface area contributed by atoms with Crippen molar-refractivity contribution in [1.82, 2.24) is 4.98 Å². The van der Waals surface area contributed by atoms with Gasteiger partial charge in [-0.15, -0.1) is 12.4 Å². The van der Waals surface area contributed by atoms with Crippen LogP contribution in [0, 0.1) is 13.8 Å². The molecule has 0 aliphatic heterocycles. The summed E-state index contributed by atoms with van der Waals surface area (Å²) in [7, 11) is 0. The highest BCUT2D eigenvalue weighted by atomic mass is 35.5. The second-order valence-corrected chi connectivity index (χ2v) is 4.38. The van der Waals surface area contributed by atoms with Crippen LogP contribution in [0.15, 0.2) is 42.7 Å². The van der Waals surface area contributed by atoms with Crippen LogP contribution in [-0.2, 0) is 0 Å². The van der Waals surface area contributed by atoms with E-state index in [1.807, 2.05) is 26.0 Å². The number of halogens is 1. The lowest BCUT2D eigenvalue weighted by molar-refractivity contribution is 0.108. The zero-order chi connectivity index (χ0) is 13.0. The predicted octanol–water partition coefficient (Wildman–Crippen LogP) is 3.23. The Bertz CT molecular complexity index is 517. The van der Waals surface area contributed by atoms with Gasteiger partial charge < -0.3 is 9.84 Å². The molecule has 19 heavy (non-hydrogen) atoms. The number of nitrogens with zero attached hydrogens (tertiary/aromatic N) is 1. The molecule has 1 unspecified atom stereocenters. The van der Waals surface area contributed by atoms with Crippen molar-refractivity contribution in [2.24, 2.45) is 0 Å². The molecule has 2 rings (SSSR count). The highest BCUT2D eigenvalue weighted by molar-refractivity contribution is 5.85. The van der Waals surface area contributed by atoms with Gasteiger partial charge in [-0.2, -0.15) is 0 Å². The van der Waals surface area contributed by atoms with Crippen LogP contribution in [0.2, 0.25) is 0 Å². The molecule has 0 saturated carbocycles. The lowest BCUT2D eigenvalue weighted by Gasteiger charge is -2.14. The summed E-state index contributed by atoms with van der Waals surface area (Å²) in [4.78, 5) is 3.92. The van der Waals surface area contributed by atoms with E-state index in [9.17, 15) is 5.11 Å². The maximum Gasteiger partial charge on any atom is 0.122 e. The number of aliphatic hydroxyl groups is 1. The van der Waals surface area contributed by atoms with Gasteiger partial charge in [-0.1, -0.05) is 17.7 Å². The van der Waals surface area contributed by atoms with Crippen molar-refractivity contribution in [3.63, 3.8) is 0 Å². The minimum absolute atomic E-state index is 0. The number of hydrogen-bond donors (Lipinski definition) is 1. The number of aryl methyl sites for hydroxylation is 2. The Morgan fingerprint density at radius 2 is 1.84 bits per heavy atom. The smallest absolute Gasteiger partial charge is 0.122 e. The molecule has 0 spiro atoms. The molecule has 1 atom stereocenters. The van der Waals surface area contributed by atoms with Gasteiger partial charge in [0.15, 0.2) is 0 Å². The number of hydrogen-bond acceptors (Lipinski definition) is 3. The van der Waals surface area contributed by atoms with Gasteiger partial charge in [0, 0.05) is 12.4 Å². The third-order valence-electron chi connectivity index (χ3n) is 2.82. The molecule has 0 aliphatic rings. The number of aromatic nitrogens is 1. The molecule has 2 aromatic rings. The standard InChI is InChI=1S/C15H17NO2.ClH/c1-11-3-4-15(12(2)9-11)18-10-14(17)13-5-7-16-8-6-13;/h3-9,14,17H,10H2,1-2H3;1H. The Morgan fingerprint density at radius 1 is 1.16 bits per heavy atom. The number of pyridine rings is 1. The van der Waals surface area contributed by atoms with Gasteiger partial charge in [-0.25, -0.2) is 0 Å². The highest BCUT2D eigenvalue weighted by Gasteiger charge is 2.08. The van der Waals surface area contributed by atoms with Crippen LogP contribution in [0.5, 0.6) is 5.75 Å².